The van der Waals surface area contributed by atoms with Crippen LogP contribution in [-0.4, -0.2) is 31.2 Å². The third kappa shape index (κ3) is 15.1. The number of carbonyl (C=O) groups excluding carboxylic acids is 1. The van der Waals surface area contributed by atoms with Crippen LogP contribution in [0.4, 0.5) is 0 Å². The standard InChI is InChI=1S/C8H18N2.C5H10O2/c1-6(8(3)9)5-7(2)10-4;1-5(2,3)7-4-6/h7-8,10H,1,5,9H2,2-4H3;4H,1-3H3. The van der Waals surface area contributed by atoms with Gasteiger partial charge in [-0.05, 0) is 48.1 Å². The first-order valence-corrected chi connectivity index (χ1v) is 5.86. The van der Waals surface area contributed by atoms with Gasteiger partial charge in [-0.3, -0.25) is 4.79 Å². The van der Waals surface area contributed by atoms with Gasteiger partial charge >= 0.3 is 0 Å². The summed E-state index contributed by atoms with van der Waals surface area (Å²) in [4.78, 5) is 9.60. The van der Waals surface area contributed by atoms with Crippen molar-refractivity contribution >= 4 is 6.47 Å². The molecule has 0 heterocycles. The van der Waals surface area contributed by atoms with E-state index in [1.807, 2.05) is 34.7 Å². The minimum atomic E-state index is -0.318. The lowest BCUT2D eigenvalue weighted by Gasteiger charge is -2.14. The molecule has 0 fully saturated rings. The van der Waals surface area contributed by atoms with Gasteiger partial charge in [-0.2, -0.15) is 0 Å². The first-order chi connectivity index (χ1) is 7.64. The fourth-order valence-electron chi connectivity index (χ4n) is 0.826. The molecule has 0 aliphatic rings. The van der Waals surface area contributed by atoms with Crippen molar-refractivity contribution in [2.75, 3.05) is 7.05 Å². The van der Waals surface area contributed by atoms with Crippen molar-refractivity contribution < 1.29 is 9.53 Å². The fourth-order valence-corrected chi connectivity index (χ4v) is 0.826. The summed E-state index contributed by atoms with van der Waals surface area (Å²) in [6.45, 7) is 13.9. The Bertz CT molecular complexity index is 220. The Balaban J connectivity index is 0. The summed E-state index contributed by atoms with van der Waals surface area (Å²) < 4.78 is 4.55. The maximum atomic E-state index is 9.60. The normalized spacial score (nSPS) is 14.1. The molecule has 0 aromatic carbocycles. The van der Waals surface area contributed by atoms with Gasteiger partial charge in [0.05, 0.1) is 0 Å². The summed E-state index contributed by atoms with van der Waals surface area (Å²) in [5.41, 5.74) is 6.41. The zero-order valence-corrected chi connectivity index (χ0v) is 12.0. The van der Waals surface area contributed by atoms with Crippen molar-refractivity contribution in [3.63, 3.8) is 0 Å². The molecule has 2 unspecified atom stereocenters. The van der Waals surface area contributed by atoms with Gasteiger partial charge in [0.1, 0.15) is 5.60 Å². The second-order valence-corrected chi connectivity index (χ2v) is 5.17. The molecule has 0 aliphatic heterocycles. The van der Waals surface area contributed by atoms with Gasteiger partial charge in [0.2, 0.25) is 0 Å². The molecule has 17 heavy (non-hydrogen) atoms. The summed E-state index contributed by atoms with van der Waals surface area (Å²) >= 11 is 0. The van der Waals surface area contributed by atoms with Gasteiger partial charge in [0.25, 0.3) is 6.47 Å². The van der Waals surface area contributed by atoms with Crippen LogP contribution >= 0.6 is 0 Å². The highest BCUT2D eigenvalue weighted by atomic mass is 16.5. The average Bonchev–Trinajstić information content (AvgIpc) is 2.16. The average molecular weight is 244 g/mol. The summed E-state index contributed by atoms with van der Waals surface area (Å²) in [5.74, 6) is 0. The smallest absolute Gasteiger partial charge is 0.293 e. The zero-order valence-electron chi connectivity index (χ0n) is 12.0. The Kier molecular flexibility index (Phi) is 10.00. The number of hydrogen-bond acceptors (Lipinski definition) is 4. The Morgan fingerprint density at radius 3 is 2.12 bits per heavy atom. The Morgan fingerprint density at radius 1 is 1.47 bits per heavy atom. The molecule has 0 rings (SSSR count). The maximum absolute atomic E-state index is 9.60. The second kappa shape index (κ2) is 9.19. The summed E-state index contributed by atoms with van der Waals surface area (Å²) in [7, 11) is 1.94. The summed E-state index contributed by atoms with van der Waals surface area (Å²) in [6.07, 6.45) is 0.966. The first kappa shape index (κ1) is 18.5. The van der Waals surface area contributed by atoms with Crippen LogP contribution in [-0.2, 0) is 9.53 Å². The van der Waals surface area contributed by atoms with Crippen LogP contribution in [0, 0.1) is 0 Å². The minimum absolute atomic E-state index is 0.121. The SMILES string of the molecule is C=C(CC(C)NC)C(C)N.CC(C)(C)OC=O. The van der Waals surface area contributed by atoms with E-state index in [-0.39, 0.29) is 11.6 Å². The molecule has 2 atom stereocenters. The van der Waals surface area contributed by atoms with E-state index in [0.717, 1.165) is 12.0 Å². The molecule has 0 amide bonds. The maximum Gasteiger partial charge on any atom is 0.293 e. The molecule has 0 aliphatic carbocycles. The number of nitrogens with one attached hydrogen (secondary N) is 1. The third-order valence-electron chi connectivity index (χ3n) is 2.11. The molecule has 0 saturated carbocycles. The van der Waals surface area contributed by atoms with Crippen molar-refractivity contribution in [1.29, 1.82) is 0 Å². The highest BCUT2D eigenvalue weighted by Crippen LogP contribution is 2.04. The number of carbonyl (C=O) groups is 1. The van der Waals surface area contributed by atoms with E-state index in [1.165, 1.54) is 0 Å². The van der Waals surface area contributed by atoms with Crippen molar-refractivity contribution in [3.8, 4) is 0 Å². The van der Waals surface area contributed by atoms with Gasteiger partial charge in [0.15, 0.2) is 0 Å². The van der Waals surface area contributed by atoms with Gasteiger partial charge < -0.3 is 15.8 Å². The summed E-state index contributed by atoms with van der Waals surface area (Å²) in [5, 5.41) is 3.13. The van der Waals surface area contributed by atoms with Gasteiger partial charge in [0, 0.05) is 12.1 Å². The molecule has 0 radical (unpaired) electrons. The lowest BCUT2D eigenvalue weighted by atomic mass is 10.0. The Morgan fingerprint density at radius 2 is 1.94 bits per heavy atom. The second-order valence-electron chi connectivity index (χ2n) is 5.17. The first-order valence-electron chi connectivity index (χ1n) is 5.86. The molecule has 0 saturated heterocycles. The van der Waals surface area contributed by atoms with Crippen molar-refractivity contribution in [1.82, 2.24) is 5.32 Å². The zero-order chi connectivity index (χ0) is 14.1. The monoisotopic (exact) mass is 244 g/mol. The van der Waals surface area contributed by atoms with Crippen LogP contribution in [0.15, 0.2) is 12.2 Å². The molecule has 0 bridgehead atoms. The molecule has 4 heteroatoms. The van der Waals surface area contributed by atoms with Crippen molar-refractivity contribution in [2.45, 2.75) is 58.7 Å². The van der Waals surface area contributed by atoms with Crippen LogP contribution in [0.5, 0.6) is 0 Å². The van der Waals surface area contributed by atoms with Gasteiger partial charge in [-0.15, -0.1) is 0 Å². The number of hydrogen-bond donors (Lipinski definition) is 2. The molecule has 0 aromatic rings. The van der Waals surface area contributed by atoms with Gasteiger partial charge in [-0.1, -0.05) is 12.2 Å². The van der Waals surface area contributed by atoms with Crippen LogP contribution in [0.3, 0.4) is 0 Å². The molecular formula is C13H28N2O2. The quantitative estimate of drug-likeness (QED) is 0.572. The van der Waals surface area contributed by atoms with Crippen molar-refractivity contribution in [2.24, 2.45) is 5.73 Å². The highest BCUT2D eigenvalue weighted by Gasteiger charge is 2.07. The Hall–Kier alpha value is -0.870. The minimum Gasteiger partial charge on any atom is -0.462 e. The third-order valence-corrected chi connectivity index (χ3v) is 2.11. The number of ether oxygens (including phenoxy) is 1. The molecular weight excluding hydrogens is 216 g/mol. The molecule has 0 spiro atoms. The van der Waals surface area contributed by atoms with E-state index in [4.69, 9.17) is 5.73 Å². The van der Waals surface area contributed by atoms with E-state index < -0.39 is 0 Å². The van der Waals surface area contributed by atoms with E-state index in [9.17, 15) is 4.79 Å². The van der Waals surface area contributed by atoms with Crippen LogP contribution in [0.25, 0.3) is 0 Å². The van der Waals surface area contributed by atoms with Crippen LogP contribution in [0.2, 0.25) is 0 Å². The molecule has 102 valence electrons. The van der Waals surface area contributed by atoms with E-state index in [1.54, 1.807) is 0 Å². The predicted octanol–water partition coefficient (Wildman–Crippen LogP) is 1.85. The topological polar surface area (TPSA) is 64.3 Å². The van der Waals surface area contributed by atoms with E-state index >= 15 is 0 Å². The molecule has 3 N–H and O–H groups in total. The van der Waals surface area contributed by atoms with Gasteiger partial charge in [-0.25, -0.2) is 0 Å². The Labute approximate surface area is 106 Å². The summed E-state index contributed by atoms with van der Waals surface area (Å²) in [6, 6.07) is 0.606. The lowest BCUT2D eigenvalue weighted by Crippen LogP contribution is -2.26. The van der Waals surface area contributed by atoms with E-state index in [0.29, 0.717) is 12.5 Å². The fraction of sp³-hybridized carbons (Fsp3) is 0.769. The molecule has 4 nitrogen and oxygen atoms in total. The number of rotatable bonds is 5. The van der Waals surface area contributed by atoms with Crippen LogP contribution < -0.4 is 11.1 Å². The molecule has 0 aromatic heterocycles. The predicted molar refractivity (Wildman–Crippen MR) is 72.8 cm³/mol. The number of nitrogens with two attached hydrogens (primary N) is 1. The highest BCUT2D eigenvalue weighted by molar-refractivity contribution is 5.37. The van der Waals surface area contributed by atoms with E-state index in [2.05, 4.69) is 23.6 Å². The largest absolute Gasteiger partial charge is 0.462 e. The lowest BCUT2D eigenvalue weighted by molar-refractivity contribution is -0.138. The van der Waals surface area contributed by atoms with Crippen molar-refractivity contribution in [3.05, 3.63) is 12.2 Å². The van der Waals surface area contributed by atoms with Crippen LogP contribution in [0.1, 0.15) is 41.0 Å².